The van der Waals surface area contributed by atoms with Gasteiger partial charge in [-0.2, -0.15) is 0 Å². The van der Waals surface area contributed by atoms with E-state index >= 15 is 0 Å². The predicted octanol–water partition coefficient (Wildman–Crippen LogP) is 3.83. The van der Waals surface area contributed by atoms with Crippen LogP contribution in [0.2, 0.25) is 4.34 Å². The van der Waals surface area contributed by atoms with E-state index in [0.29, 0.717) is 9.90 Å². The molecule has 1 atom stereocenters. The van der Waals surface area contributed by atoms with E-state index in [1.165, 1.54) is 17.4 Å². The van der Waals surface area contributed by atoms with Gasteiger partial charge >= 0.3 is 18.0 Å². The van der Waals surface area contributed by atoms with Crippen LogP contribution in [0.5, 0.6) is 0 Å². The van der Waals surface area contributed by atoms with Crippen LogP contribution in [0.15, 0.2) is 59.8 Å². The van der Waals surface area contributed by atoms with E-state index in [1.54, 1.807) is 49.4 Å². The van der Waals surface area contributed by atoms with Gasteiger partial charge in [-0.3, -0.25) is 0 Å². The average Bonchev–Trinajstić information content (AvgIpc) is 3.16. The molecule has 1 unspecified atom stereocenters. The van der Waals surface area contributed by atoms with Gasteiger partial charge in [0.05, 0.1) is 28.3 Å². The maximum Gasteiger partial charge on any atom is 0.338 e. The molecule has 1 aliphatic heterocycles. The largest absolute Gasteiger partial charge is 0.463 e. The summed E-state index contributed by atoms with van der Waals surface area (Å²) in [5, 5.41) is 5.26. The summed E-state index contributed by atoms with van der Waals surface area (Å²) in [6.07, 6.45) is 2.83. The van der Waals surface area contributed by atoms with Crippen LogP contribution in [0.1, 0.15) is 23.4 Å². The average molecular weight is 447 g/mol. The van der Waals surface area contributed by atoms with E-state index in [4.69, 9.17) is 21.1 Å². The molecule has 0 bridgehead atoms. The topological polar surface area (TPSA) is 93.7 Å². The van der Waals surface area contributed by atoms with Crippen molar-refractivity contribution >= 4 is 47.0 Å². The smallest absolute Gasteiger partial charge is 0.338 e. The first kappa shape index (κ1) is 21.6. The van der Waals surface area contributed by atoms with Crippen LogP contribution in [-0.2, 0) is 19.1 Å². The van der Waals surface area contributed by atoms with Gasteiger partial charge in [0, 0.05) is 11.0 Å². The van der Waals surface area contributed by atoms with Crippen LogP contribution in [0.25, 0.3) is 6.08 Å². The van der Waals surface area contributed by atoms with E-state index in [9.17, 15) is 14.4 Å². The number of urea groups is 1. The minimum atomic E-state index is -0.725. The van der Waals surface area contributed by atoms with Crippen molar-refractivity contribution in [3.05, 3.63) is 74.6 Å². The number of hydrogen-bond acceptors (Lipinski definition) is 6. The number of nitrogens with one attached hydrogen (secondary N) is 2. The summed E-state index contributed by atoms with van der Waals surface area (Å²) in [5.74, 6) is -1.23. The summed E-state index contributed by atoms with van der Waals surface area (Å²) < 4.78 is 11.0. The predicted molar refractivity (Wildman–Crippen MR) is 114 cm³/mol. The third-order valence-electron chi connectivity index (χ3n) is 4.12. The fourth-order valence-corrected chi connectivity index (χ4v) is 3.80. The molecule has 2 heterocycles. The van der Waals surface area contributed by atoms with E-state index < -0.39 is 24.0 Å². The zero-order valence-corrected chi connectivity index (χ0v) is 17.6. The maximum absolute atomic E-state index is 12.6. The minimum Gasteiger partial charge on any atom is -0.463 e. The summed E-state index contributed by atoms with van der Waals surface area (Å²) >= 11 is 7.18. The Kier molecular flexibility index (Phi) is 7.26. The van der Waals surface area contributed by atoms with Gasteiger partial charge in [-0.25, -0.2) is 14.4 Å². The quantitative estimate of drug-likeness (QED) is 0.498. The van der Waals surface area contributed by atoms with Gasteiger partial charge < -0.3 is 20.1 Å². The van der Waals surface area contributed by atoms with Crippen molar-refractivity contribution in [2.75, 3.05) is 13.2 Å². The highest BCUT2D eigenvalue weighted by molar-refractivity contribution is 7.17. The second kappa shape index (κ2) is 10.1. The zero-order chi connectivity index (χ0) is 21.5. The number of rotatable bonds is 7. The minimum absolute atomic E-state index is 0.164. The lowest BCUT2D eigenvalue weighted by molar-refractivity contribution is -0.140. The Morgan fingerprint density at radius 1 is 1.17 bits per heavy atom. The number of esters is 2. The fraction of sp³-hybridized carbons (Fsp3) is 0.190. The van der Waals surface area contributed by atoms with E-state index in [-0.39, 0.29) is 24.5 Å². The molecule has 2 amide bonds. The van der Waals surface area contributed by atoms with Crippen LogP contribution in [0, 0.1) is 0 Å². The highest BCUT2D eigenvalue weighted by Crippen LogP contribution is 2.28. The number of amides is 2. The Bertz CT molecular complexity index is 1000. The van der Waals surface area contributed by atoms with Crippen molar-refractivity contribution in [3.8, 4) is 0 Å². The van der Waals surface area contributed by atoms with Crippen LogP contribution in [-0.4, -0.2) is 31.2 Å². The first-order valence-electron chi connectivity index (χ1n) is 9.10. The molecule has 0 saturated heterocycles. The van der Waals surface area contributed by atoms with Gasteiger partial charge in [0.25, 0.3) is 0 Å². The third kappa shape index (κ3) is 5.49. The molecule has 156 valence electrons. The molecule has 2 aromatic rings. The van der Waals surface area contributed by atoms with Crippen LogP contribution in [0.3, 0.4) is 0 Å². The molecule has 1 aromatic carbocycles. The third-order valence-corrected chi connectivity index (χ3v) is 5.31. The Hall–Kier alpha value is -3.10. The zero-order valence-electron chi connectivity index (χ0n) is 16.0. The number of carbonyl (C=O) groups is 3. The standard InChI is InChI=1S/C21H19ClN2O5S/c1-2-28-20(26)18-15(12-29-17(25)11-9-14-8-10-16(22)30-14)23-21(27)24-19(18)13-6-4-3-5-7-13/h3-11,19H,2,12H2,1H3,(H2,23,24,27)/b11-9+. The molecule has 0 fully saturated rings. The lowest BCUT2D eigenvalue weighted by atomic mass is 9.95. The summed E-state index contributed by atoms with van der Waals surface area (Å²) in [6.45, 7) is 1.56. The molecular formula is C21H19ClN2O5S. The lowest BCUT2D eigenvalue weighted by Gasteiger charge is -2.29. The van der Waals surface area contributed by atoms with Gasteiger partial charge in [-0.15, -0.1) is 11.3 Å². The van der Waals surface area contributed by atoms with Crippen molar-refractivity contribution in [2.24, 2.45) is 0 Å². The highest BCUT2D eigenvalue weighted by atomic mass is 35.5. The van der Waals surface area contributed by atoms with Gasteiger partial charge in [0.2, 0.25) is 0 Å². The molecular weight excluding hydrogens is 428 g/mol. The Morgan fingerprint density at radius 2 is 1.93 bits per heavy atom. The monoisotopic (exact) mass is 446 g/mol. The first-order chi connectivity index (χ1) is 14.5. The van der Waals surface area contributed by atoms with E-state index in [0.717, 1.165) is 4.88 Å². The van der Waals surface area contributed by atoms with Crippen molar-refractivity contribution in [1.29, 1.82) is 0 Å². The molecule has 7 nitrogen and oxygen atoms in total. The van der Waals surface area contributed by atoms with Crippen molar-refractivity contribution in [2.45, 2.75) is 13.0 Å². The number of benzene rings is 1. The van der Waals surface area contributed by atoms with Crippen molar-refractivity contribution in [1.82, 2.24) is 10.6 Å². The number of thiophene rings is 1. The van der Waals surface area contributed by atoms with Gasteiger partial charge in [0.15, 0.2) is 0 Å². The number of hydrogen-bond donors (Lipinski definition) is 2. The Labute approximate surface area is 182 Å². The van der Waals surface area contributed by atoms with E-state index in [2.05, 4.69) is 10.6 Å². The Balaban J connectivity index is 1.81. The van der Waals surface area contributed by atoms with Gasteiger partial charge in [-0.05, 0) is 30.7 Å². The van der Waals surface area contributed by atoms with Crippen molar-refractivity contribution in [3.63, 3.8) is 0 Å². The number of carbonyl (C=O) groups excluding carboxylic acids is 3. The molecule has 3 rings (SSSR count). The van der Waals surface area contributed by atoms with Gasteiger partial charge in [0.1, 0.15) is 6.61 Å². The van der Waals surface area contributed by atoms with Crippen LogP contribution >= 0.6 is 22.9 Å². The molecule has 1 aromatic heterocycles. The normalized spacial score (nSPS) is 16.2. The molecule has 0 radical (unpaired) electrons. The molecule has 1 aliphatic rings. The van der Waals surface area contributed by atoms with E-state index in [1.807, 2.05) is 6.07 Å². The summed E-state index contributed by atoms with van der Waals surface area (Å²) in [4.78, 5) is 37.7. The summed E-state index contributed by atoms with van der Waals surface area (Å²) in [7, 11) is 0. The molecule has 30 heavy (non-hydrogen) atoms. The van der Waals surface area contributed by atoms with Crippen molar-refractivity contribution < 1.29 is 23.9 Å². The first-order valence-corrected chi connectivity index (χ1v) is 10.3. The molecule has 2 N–H and O–H groups in total. The molecule has 0 aliphatic carbocycles. The van der Waals surface area contributed by atoms with Gasteiger partial charge in [-0.1, -0.05) is 41.9 Å². The highest BCUT2D eigenvalue weighted by Gasteiger charge is 2.34. The molecule has 9 heteroatoms. The molecule has 0 saturated carbocycles. The second-order valence-electron chi connectivity index (χ2n) is 6.14. The Morgan fingerprint density at radius 3 is 2.60 bits per heavy atom. The number of ether oxygens (including phenoxy) is 2. The SMILES string of the molecule is CCOC(=O)C1=C(COC(=O)/C=C/c2ccc(Cl)s2)NC(=O)NC1c1ccccc1. The fourth-order valence-electron chi connectivity index (χ4n) is 2.84. The lowest BCUT2D eigenvalue weighted by Crippen LogP contribution is -2.47. The molecule has 0 spiro atoms. The summed E-state index contributed by atoms with van der Waals surface area (Å²) in [5.41, 5.74) is 1.06. The summed E-state index contributed by atoms with van der Waals surface area (Å²) in [6, 6.07) is 11.3. The number of halogens is 1. The van der Waals surface area contributed by atoms with Crippen LogP contribution < -0.4 is 10.6 Å². The maximum atomic E-state index is 12.6. The van der Waals surface area contributed by atoms with Crippen LogP contribution in [0.4, 0.5) is 4.79 Å². The second-order valence-corrected chi connectivity index (χ2v) is 7.88.